The molecule has 7 heteroatoms. The lowest BCUT2D eigenvalue weighted by Gasteiger charge is -2.55. The molecular formula is C21H25N3O3S. The first-order valence-corrected chi connectivity index (χ1v) is 11.0. The second-order valence-corrected chi connectivity index (χ2v) is 10.1. The van der Waals surface area contributed by atoms with Crippen LogP contribution in [0, 0.1) is 17.8 Å². The highest BCUT2D eigenvalue weighted by Crippen LogP contribution is 2.57. The van der Waals surface area contributed by atoms with Gasteiger partial charge < -0.3 is 15.7 Å². The fourth-order valence-corrected chi connectivity index (χ4v) is 7.01. The third-order valence-electron chi connectivity index (χ3n) is 6.64. The molecule has 4 aliphatic carbocycles. The Morgan fingerprint density at radius 3 is 2.36 bits per heavy atom. The highest BCUT2D eigenvalue weighted by Gasteiger charge is 2.51. The number of phenols is 1. The van der Waals surface area contributed by atoms with E-state index >= 15 is 0 Å². The third kappa shape index (κ3) is 3.52. The number of thioether (sulfide) groups is 1. The van der Waals surface area contributed by atoms with Crippen molar-refractivity contribution in [1.82, 2.24) is 5.32 Å². The molecule has 4 saturated carbocycles. The first kappa shape index (κ1) is 18.0. The van der Waals surface area contributed by atoms with Crippen molar-refractivity contribution < 1.29 is 14.7 Å². The SMILES string of the molecule is O=C(CC1SC(=NC23CC4CC(CC(C4)C2)C3)NC1=O)Nc1ccc(O)cc1. The summed E-state index contributed by atoms with van der Waals surface area (Å²) in [7, 11) is 0. The van der Waals surface area contributed by atoms with Crippen molar-refractivity contribution in [2.24, 2.45) is 22.7 Å². The number of phenolic OH excluding ortho intramolecular Hbond substituents is 1. The number of anilines is 1. The number of carbonyl (C=O) groups excluding carboxylic acids is 2. The lowest BCUT2D eigenvalue weighted by Crippen LogP contribution is -2.50. The zero-order chi connectivity index (χ0) is 19.3. The molecule has 0 radical (unpaired) electrons. The summed E-state index contributed by atoms with van der Waals surface area (Å²) < 4.78 is 0. The maximum absolute atomic E-state index is 12.4. The zero-order valence-corrected chi connectivity index (χ0v) is 16.5. The van der Waals surface area contributed by atoms with Gasteiger partial charge >= 0.3 is 0 Å². The summed E-state index contributed by atoms with van der Waals surface area (Å²) >= 11 is 1.40. The molecule has 5 fully saturated rings. The predicted molar refractivity (Wildman–Crippen MR) is 109 cm³/mol. The smallest absolute Gasteiger partial charge is 0.240 e. The van der Waals surface area contributed by atoms with Crippen molar-refractivity contribution >= 4 is 34.4 Å². The van der Waals surface area contributed by atoms with Crippen molar-refractivity contribution in [3.8, 4) is 5.75 Å². The van der Waals surface area contributed by atoms with E-state index in [1.54, 1.807) is 12.1 Å². The second kappa shape index (κ2) is 6.79. The maximum Gasteiger partial charge on any atom is 0.240 e. The number of carbonyl (C=O) groups is 2. The summed E-state index contributed by atoms with van der Waals surface area (Å²) in [5.74, 6) is 2.23. The van der Waals surface area contributed by atoms with E-state index in [0.717, 1.165) is 37.0 Å². The number of aromatic hydroxyl groups is 1. The molecule has 5 aliphatic rings. The van der Waals surface area contributed by atoms with Crippen molar-refractivity contribution in [3.05, 3.63) is 24.3 Å². The van der Waals surface area contributed by atoms with Gasteiger partial charge in [-0.1, -0.05) is 11.8 Å². The largest absolute Gasteiger partial charge is 0.508 e. The summed E-state index contributed by atoms with van der Waals surface area (Å²) in [4.78, 5) is 29.7. The van der Waals surface area contributed by atoms with Crippen LogP contribution in [0.3, 0.4) is 0 Å². The normalized spacial score (nSPS) is 37.3. The number of aliphatic imine (C=N–C) groups is 1. The number of amidine groups is 1. The van der Waals surface area contributed by atoms with Crippen molar-refractivity contribution in [2.75, 3.05) is 5.32 Å². The molecule has 0 aromatic heterocycles. The van der Waals surface area contributed by atoms with Gasteiger partial charge in [-0.25, -0.2) is 0 Å². The number of benzene rings is 1. The monoisotopic (exact) mass is 399 g/mol. The minimum Gasteiger partial charge on any atom is -0.508 e. The number of nitrogens with zero attached hydrogens (tertiary/aromatic N) is 1. The number of nitrogens with one attached hydrogen (secondary N) is 2. The average Bonchev–Trinajstić information content (AvgIpc) is 2.94. The molecule has 1 atom stereocenters. The topological polar surface area (TPSA) is 90.8 Å². The minimum absolute atomic E-state index is 0.0214. The van der Waals surface area contributed by atoms with E-state index in [1.165, 1.54) is 43.2 Å². The Bertz CT molecular complexity index is 801. The highest BCUT2D eigenvalue weighted by molar-refractivity contribution is 8.15. The van der Waals surface area contributed by atoms with Crippen LogP contribution in [0.25, 0.3) is 0 Å². The summed E-state index contributed by atoms with van der Waals surface area (Å²) in [6.45, 7) is 0. The summed E-state index contributed by atoms with van der Waals surface area (Å²) in [6.07, 6.45) is 7.68. The lowest BCUT2D eigenvalue weighted by molar-refractivity contribution is -0.122. The molecule has 0 spiro atoms. The van der Waals surface area contributed by atoms with Crippen molar-refractivity contribution in [1.29, 1.82) is 0 Å². The van der Waals surface area contributed by atoms with Crippen LogP contribution in [-0.4, -0.2) is 32.9 Å². The van der Waals surface area contributed by atoms with Crippen LogP contribution in [0.2, 0.25) is 0 Å². The van der Waals surface area contributed by atoms with Crippen LogP contribution in [0.5, 0.6) is 5.75 Å². The summed E-state index contributed by atoms with van der Waals surface area (Å²) in [5.41, 5.74) is 0.627. The van der Waals surface area contributed by atoms with Gasteiger partial charge in [-0.15, -0.1) is 0 Å². The van der Waals surface area contributed by atoms with E-state index < -0.39 is 5.25 Å². The van der Waals surface area contributed by atoms with E-state index in [2.05, 4.69) is 10.6 Å². The number of amides is 2. The molecule has 2 amide bonds. The number of hydrogen-bond donors (Lipinski definition) is 3. The first-order chi connectivity index (χ1) is 13.5. The van der Waals surface area contributed by atoms with Gasteiger partial charge in [0.25, 0.3) is 0 Å². The zero-order valence-electron chi connectivity index (χ0n) is 15.7. The van der Waals surface area contributed by atoms with Crippen LogP contribution in [0.15, 0.2) is 29.3 Å². The Morgan fingerprint density at radius 2 is 1.75 bits per heavy atom. The van der Waals surface area contributed by atoms with E-state index in [0.29, 0.717) is 10.9 Å². The van der Waals surface area contributed by atoms with Gasteiger partial charge in [-0.2, -0.15) is 0 Å². The molecule has 3 N–H and O–H groups in total. The van der Waals surface area contributed by atoms with Crippen LogP contribution in [-0.2, 0) is 9.59 Å². The van der Waals surface area contributed by atoms with Crippen LogP contribution < -0.4 is 10.6 Å². The number of rotatable bonds is 4. The molecule has 1 heterocycles. The lowest BCUT2D eigenvalue weighted by atomic mass is 9.53. The molecule has 4 bridgehead atoms. The Hall–Kier alpha value is -2.02. The second-order valence-electron chi connectivity index (χ2n) is 8.95. The Morgan fingerprint density at radius 1 is 1.14 bits per heavy atom. The summed E-state index contributed by atoms with van der Waals surface area (Å²) in [5, 5.41) is 15.3. The standard InChI is InChI=1S/C21H25N3O3S/c25-16-3-1-15(2-4-16)22-18(26)8-17-19(27)23-20(28-17)24-21-9-12-5-13(10-21)7-14(6-12)11-21/h1-4,12-14,17,25H,5-11H2,(H,22,26)(H,23,24,27). The molecule has 1 aliphatic heterocycles. The quantitative estimate of drug-likeness (QED) is 0.678. The minimum atomic E-state index is -0.440. The van der Waals surface area contributed by atoms with Gasteiger partial charge in [0.2, 0.25) is 11.8 Å². The third-order valence-corrected chi connectivity index (χ3v) is 7.72. The van der Waals surface area contributed by atoms with E-state index in [4.69, 9.17) is 4.99 Å². The molecule has 28 heavy (non-hydrogen) atoms. The van der Waals surface area contributed by atoms with Crippen LogP contribution in [0.4, 0.5) is 5.69 Å². The Kier molecular flexibility index (Phi) is 4.38. The molecule has 1 aromatic carbocycles. The van der Waals surface area contributed by atoms with Crippen molar-refractivity contribution in [2.45, 2.75) is 55.7 Å². The van der Waals surface area contributed by atoms with E-state index in [-0.39, 0.29) is 29.5 Å². The van der Waals surface area contributed by atoms with Gasteiger partial charge in [-0.05, 0) is 80.5 Å². The van der Waals surface area contributed by atoms with E-state index in [1.807, 2.05) is 0 Å². The highest BCUT2D eigenvalue weighted by atomic mass is 32.2. The number of hydrogen-bond acceptors (Lipinski definition) is 5. The van der Waals surface area contributed by atoms with Crippen molar-refractivity contribution in [3.63, 3.8) is 0 Å². The molecule has 6 rings (SSSR count). The molecule has 1 aromatic rings. The van der Waals surface area contributed by atoms with Crippen LogP contribution in [0.1, 0.15) is 44.9 Å². The van der Waals surface area contributed by atoms with Gasteiger partial charge in [-0.3, -0.25) is 14.6 Å². The molecule has 148 valence electrons. The van der Waals surface area contributed by atoms with E-state index in [9.17, 15) is 14.7 Å². The molecule has 1 saturated heterocycles. The maximum atomic E-state index is 12.4. The van der Waals surface area contributed by atoms with Crippen LogP contribution >= 0.6 is 11.8 Å². The van der Waals surface area contributed by atoms with Gasteiger partial charge in [0.15, 0.2) is 5.17 Å². The fraction of sp³-hybridized carbons (Fsp3) is 0.571. The Balaban J connectivity index is 1.23. The molecular weight excluding hydrogens is 374 g/mol. The van der Waals surface area contributed by atoms with Gasteiger partial charge in [0.1, 0.15) is 11.0 Å². The van der Waals surface area contributed by atoms with Gasteiger partial charge in [0, 0.05) is 12.1 Å². The predicted octanol–water partition coefficient (Wildman–Crippen LogP) is 3.28. The average molecular weight is 400 g/mol. The fourth-order valence-electron chi connectivity index (χ4n) is 5.93. The molecule has 1 unspecified atom stereocenters. The summed E-state index contributed by atoms with van der Waals surface area (Å²) in [6, 6.07) is 6.30. The first-order valence-electron chi connectivity index (χ1n) is 10.1. The molecule has 6 nitrogen and oxygen atoms in total. The van der Waals surface area contributed by atoms with Gasteiger partial charge in [0.05, 0.1) is 5.54 Å². The Labute approximate surface area is 168 Å².